The van der Waals surface area contributed by atoms with Gasteiger partial charge in [0.05, 0.1) is 12.9 Å². The van der Waals surface area contributed by atoms with E-state index in [-0.39, 0.29) is 38.2 Å². The molecule has 15 nitrogen and oxygen atoms in total. The summed E-state index contributed by atoms with van der Waals surface area (Å²) < 4.78 is 0. The SMILES string of the molecule is NC(N)=NCCCC(NC(=O)C(Cc1cnc[nH]1)NC(=O)C(N)CO)C(=O)NC(Cc1ccccc1)C(=O)O. The first-order valence-corrected chi connectivity index (χ1v) is 12.2. The average molecular weight is 546 g/mol. The summed E-state index contributed by atoms with van der Waals surface area (Å²) in [7, 11) is 0. The Morgan fingerprint density at radius 2 is 1.59 bits per heavy atom. The molecule has 2 aromatic rings. The monoisotopic (exact) mass is 545 g/mol. The molecule has 0 aliphatic heterocycles. The van der Waals surface area contributed by atoms with Gasteiger partial charge in [0.15, 0.2) is 5.96 Å². The third-order valence-corrected chi connectivity index (χ3v) is 5.62. The second-order valence-corrected chi connectivity index (χ2v) is 8.73. The van der Waals surface area contributed by atoms with Crippen LogP contribution >= 0.6 is 0 Å². The van der Waals surface area contributed by atoms with E-state index in [0.717, 1.165) is 0 Å². The van der Waals surface area contributed by atoms with E-state index in [2.05, 4.69) is 30.9 Å². The van der Waals surface area contributed by atoms with Crippen molar-refractivity contribution in [2.24, 2.45) is 22.2 Å². The van der Waals surface area contributed by atoms with Gasteiger partial charge in [-0.15, -0.1) is 0 Å². The molecule has 0 saturated heterocycles. The molecule has 4 unspecified atom stereocenters. The number of carboxylic acid groups (broad SMARTS) is 1. The van der Waals surface area contributed by atoms with Crippen molar-refractivity contribution in [2.75, 3.05) is 13.2 Å². The number of aromatic amines is 1. The van der Waals surface area contributed by atoms with Crippen molar-refractivity contribution in [3.8, 4) is 0 Å². The normalized spacial score (nSPS) is 13.8. The number of hydrogen-bond acceptors (Lipinski definition) is 8. The standard InChI is InChI=1S/C24H35N9O6/c25-16(12-34)20(35)32-18(10-15-11-28-13-30-15)22(37)31-17(7-4-8-29-24(26)27)21(36)33-19(23(38)39)9-14-5-2-1-3-6-14/h1-3,5-6,11,13,16-19,34H,4,7-10,12,25H2,(H,28,30)(H,31,37)(H,32,35)(H,33,36)(H,38,39)(H4,26,27,29). The topological polar surface area (TPSA) is 264 Å². The van der Waals surface area contributed by atoms with Crippen LogP contribution in [0.15, 0.2) is 47.8 Å². The summed E-state index contributed by atoms with van der Waals surface area (Å²) in [5, 5.41) is 26.4. The molecule has 1 aromatic heterocycles. The van der Waals surface area contributed by atoms with Gasteiger partial charge in [0, 0.05) is 31.3 Å². The van der Waals surface area contributed by atoms with Crippen molar-refractivity contribution >= 4 is 29.7 Å². The van der Waals surface area contributed by atoms with Gasteiger partial charge in [0.25, 0.3) is 0 Å². The Bertz CT molecular complexity index is 1110. The van der Waals surface area contributed by atoms with E-state index in [4.69, 9.17) is 17.2 Å². The lowest BCUT2D eigenvalue weighted by atomic mass is 10.0. The predicted molar refractivity (Wildman–Crippen MR) is 141 cm³/mol. The number of aliphatic hydroxyl groups excluding tert-OH is 1. The van der Waals surface area contributed by atoms with Gasteiger partial charge >= 0.3 is 5.97 Å². The lowest BCUT2D eigenvalue weighted by molar-refractivity contribution is -0.142. The van der Waals surface area contributed by atoms with Crippen LogP contribution < -0.4 is 33.2 Å². The second kappa shape index (κ2) is 15.7. The highest BCUT2D eigenvalue weighted by Gasteiger charge is 2.30. The third-order valence-electron chi connectivity index (χ3n) is 5.62. The fourth-order valence-electron chi connectivity index (χ4n) is 3.55. The number of guanidine groups is 1. The Kier molecular flexibility index (Phi) is 12.4. The number of imidazole rings is 1. The number of aliphatic imine (C=N–C) groups is 1. The molecule has 0 spiro atoms. The first-order valence-electron chi connectivity index (χ1n) is 12.2. The number of hydrogen-bond donors (Lipinski definition) is 9. The molecule has 0 bridgehead atoms. The van der Waals surface area contributed by atoms with Gasteiger partial charge in [-0.05, 0) is 18.4 Å². The Hall–Kier alpha value is -4.50. The number of aliphatic carboxylic acids is 1. The molecule has 3 amide bonds. The molecular formula is C24H35N9O6. The molecular weight excluding hydrogens is 510 g/mol. The number of nitrogens with one attached hydrogen (secondary N) is 4. The molecule has 1 aromatic carbocycles. The minimum absolute atomic E-state index is 0.0220. The number of nitrogens with zero attached hydrogens (tertiary/aromatic N) is 2. The molecule has 2 rings (SSSR count). The minimum atomic E-state index is -1.27. The zero-order valence-electron chi connectivity index (χ0n) is 21.2. The zero-order chi connectivity index (χ0) is 28.8. The number of H-pyrrole nitrogens is 1. The van der Waals surface area contributed by atoms with E-state index >= 15 is 0 Å². The minimum Gasteiger partial charge on any atom is -0.480 e. The summed E-state index contributed by atoms with van der Waals surface area (Å²) in [4.78, 5) is 61.2. The van der Waals surface area contributed by atoms with Crippen molar-refractivity contribution in [2.45, 2.75) is 49.9 Å². The van der Waals surface area contributed by atoms with Gasteiger partial charge in [0.1, 0.15) is 24.2 Å². The molecule has 4 atom stereocenters. The Morgan fingerprint density at radius 3 is 2.18 bits per heavy atom. The Morgan fingerprint density at radius 1 is 0.949 bits per heavy atom. The highest BCUT2D eigenvalue weighted by molar-refractivity contribution is 5.94. The summed E-state index contributed by atoms with van der Waals surface area (Å²) in [6, 6.07) is 3.84. The number of benzene rings is 1. The molecule has 0 saturated carbocycles. The van der Waals surface area contributed by atoms with Crippen LogP contribution in [0.1, 0.15) is 24.1 Å². The fraction of sp³-hybridized carbons (Fsp3) is 0.417. The highest BCUT2D eigenvalue weighted by Crippen LogP contribution is 2.07. The predicted octanol–water partition coefficient (Wildman–Crippen LogP) is -2.89. The van der Waals surface area contributed by atoms with Crippen molar-refractivity contribution < 1.29 is 29.4 Å². The molecule has 0 fully saturated rings. The largest absolute Gasteiger partial charge is 0.480 e. The molecule has 15 heteroatoms. The summed E-state index contributed by atoms with van der Waals surface area (Å²) >= 11 is 0. The Labute approximate surface area is 224 Å². The van der Waals surface area contributed by atoms with Crippen LogP contribution in [0.25, 0.3) is 0 Å². The van der Waals surface area contributed by atoms with E-state index in [1.54, 1.807) is 30.3 Å². The summed E-state index contributed by atoms with van der Waals surface area (Å²) in [6.07, 6.45) is 3.19. The van der Waals surface area contributed by atoms with Gasteiger partial charge in [-0.2, -0.15) is 0 Å². The molecule has 12 N–H and O–H groups in total. The van der Waals surface area contributed by atoms with Gasteiger partial charge in [-0.3, -0.25) is 19.4 Å². The molecule has 0 aliphatic rings. The lowest BCUT2D eigenvalue weighted by Gasteiger charge is -2.25. The third kappa shape index (κ3) is 10.8. The van der Waals surface area contributed by atoms with Crippen LogP contribution in [-0.2, 0) is 32.0 Å². The van der Waals surface area contributed by atoms with Gasteiger partial charge in [-0.25, -0.2) is 9.78 Å². The number of carbonyl (C=O) groups excluding carboxylic acids is 3. The van der Waals surface area contributed by atoms with Gasteiger partial charge < -0.3 is 48.3 Å². The molecule has 1 heterocycles. The fourth-order valence-corrected chi connectivity index (χ4v) is 3.55. The number of amides is 3. The van der Waals surface area contributed by atoms with E-state index in [1.165, 1.54) is 12.5 Å². The quantitative estimate of drug-likeness (QED) is 0.0590. The maximum Gasteiger partial charge on any atom is 0.326 e. The van der Waals surface area contributed by atoms with Crippen LogP contribution in [0.3, 0.4) is 0 Å². The van der Waals surface area contributed by atoms with Crippen molar-refractivity contribution in [1.29, 1.82) is 0 Å². The molecule has 212 valence electrons. The number of rotatable bonds is 16. The van der Waals surface area contributed by atoms with Crippen LogP contribution in [0.5, 0.6) is 0 Å². The Balaban J connectivity index is 2.21. The number of nitrogens with two attached hydrogens (primary N) is 3. The first-order chi connectivity index (χ1) is 18.6. The van der Waals surface area contributed by atoms with Crippen LogP contribution in [0.4, 0.5) is 0 Å². The van der Waals surface area contributed by atoms with Crippen molar-refractivity contribution in [3.05, 3.63) is 54.1 Å². The zero-order valence-corrected chi connectivity index (χ0v) is 21.2. The van der Waals surface area contributed by atoms with E-state index < -0.39 is 54.5 Å². The molecule has 0 radical (unpaired) electrons. The van der Waals surface area contributed by atoms with Crippen LogP contribution in [0, 0.1) is 0 Å². The highest BCUT2D eigenvalue weighted by atomic mass is 16.4. The maximum atomic E-state index is 13.3. The number of carbonyl (C=O) groups is 4. The smallest absolute Gasteiger partial charge is 0.326 e. The summed E-state index contributed by atoms with van der Waals surface area (Å²) in [5.41, 5.74) is 17.5. The average Bonchev–Trinajstić information content (AvgIpc) is 3.42. The van der Waals surface area contributed by atoms with E-state index in [1.807, 2.05) is 0 Å². The van der Waals surface area contributed by atoms with Crippen molar-refractivity contribution in [3.63, 3.8) is 0 Å². The van der Waals surface area contributed by atoms with E-state index in [0.29, 0.717) is 11.3 Å². The van der Waals surface area contributed by atoms with Crippen LogP contribution in [0.2, 0.25) is 0 Å². The van der Waals surface area contributed by atoms with Gasteiger partial charge in [-0.1, -0.05) is 30.3 Å². The summed E-state index contributed by atoms with van der Waals surface area (Å²) in [5.74, 6) is -3.65. The second-order valence-electron chi connectivity index (χ2n) is 8.73. The number of aliphatic hydroxyl groups is 1. The molecule has 39 heavy (non-hydrogen) atoms. The van der Waals surface area contributed by atoms with Crippen LogP contribution in [-0.4, -0.2) is 87.2 Å². The maximum absolute atomic E-state index is 13.3. The summed E-state index contributed by atoms with van der Waals surface area (Å²) in [6.45, 7) is -0.480. The molecule has 0 aliphatic carbocycles. The number of aromatic nitrogens is 2. The van der Waals surface area contributed by atoms with Gasteiger partial charge in [0.2, 0.25) is 17.7 Å². The lowest BCUT2D eigenvalue weighted by Crippen LogP contribution is -2.58. The number of carboxylic acids is 1. The van der Waals surface area contributed by atoms with Crippen molar-refractivity contribution in [1.82, 2.24) is 25.9 Å². The first kappa shape index (κ1) is 30.7. The van der Waals surface area contributed by atoms with E-state index in [9.17, 15) is 29.4 Å².